The number of carbonyl (C=O) groups is 1. The first-order valence-electron chi connectivity index (χ1n) is 15.2. The van der Waals surface area contributed by atoms with Crippen LogP contribution in [0.3, 0.4) is 0 Å². The molecule has 1 fully saturated rings. The van der Waals surface area contributed by atoms with Crippen LogP contribution in [-0.2, 0) is 18.4 Å². The van der Waals surface area contributed by atoms with Crippen molar-refractivity contribution in [1.29, 1.82) is 0 Å². The maximum Gasteiger partial charge on any atom is 0.349 e. The van der Waals surface area contributed by atoms with Crippen LogP contribution in [0.4, 0.5) is 0 Å². The molecule has 4 nitrogen and oxygen atoms in total. The normalized spacial score (nSPS) is 24.0. The van der Waals surface area contributed by atoms with Crippen molar-refractivity contribution in [3.63, 3.8) is 0 Å². The number of carbonyl (C=O) groups excluding carboxylic acids is 1. The van der Waals surface area contributed by atoms with Gasteiger partial charge in [-0.3, -0.25) is 4.79 Å². The van der Waals surface area contributed by atoms with E-state index in [1.165, 1.54) is 77.0 Å². The van der Waals surface area contributed by atoms with Gasteiger partial charge >= 0.3 is 8.56 Å². The summed E-state index contributed by atoms with van der Waals surface area (Å²) >= 11 is 0. The summed E-state index contributed by atoms with van der Waals surface area (Å²) in [5, 5.41) is -0.0739. The van der Waals surface area contributed by atoms with E-state index in [1.54, 1.807) is 0 Å². The third-order valence-electron chi connectivity index (χ3n) is 7.95. The lowest BCUT2D eigenvalue weighted by molar-refractivity contribution is -0.132. The highest BCUT2D eigenvalue weighted by atomic mass is 28.4. The molecule has 0 saturated carbocycles. The van der Waals surface area contributed by atoms with Crippen LogP contribution in [-0.4, -0.2) is 39.3 Å². The number of ketones is 1. The summed E-state index contributed by atoms with van der Waals surface area (Å²) in [6, 6.07) is 0. The Labute approximate surface area is 224 Å². The van der Waals surface area contributed by atoms with Crippen molar-refractivity contribution in [2.75, 3.05) is 6.61 Å². The lowest BCUT2D eigenvalue weighted by Gasteiger charge is -2.55. The molecule has 0 radical (unpaired) electrons. The van der Waals surface area contributed by atoms with Gasteiger partial charge in [-0.2, -0.15) is 0 Å². The molecule has 3 atom stereocenters. The topological polar surface area (TPSA) is 44.8 Å². The summed E-state index contributed by atoms with van der Waals surface area (Å²) in [5.74, 6) is 0.317. The highest BCUT2D eigenvalue weighted by Crippen LogP contribution is 2.54. The molecule has 210 valence electrons. The van der Waals surface area contributed by atoms with Crippen LogP contribution in [0.15, 0.2) is 12.2 Å². The molecule has 0 spiro atoms. The Hall–Kier alpha value is -0.493. The van der Waals surface area contributed by atoms with E-state index in [2.05, 4.69) is 60.6 Å². The van der Waals surface area contributed by atoms with Crippen molar-refractivity contribution in [2.24, 2.45) is 0 Å². The van der Waals surface area contributed by atoms with Crippen molar-refractivity contribution in [3.05, 3.63) is 12.2 Å². The Morgan fingerprint density at radius 1 is 0.778 bits per heavy atom. The van der Waals surface area contributed by atoms with E-state index < -0.39 is 8.56 Å². The third-order valence-corrected chi connectivity index (χ3v) is 13.1. The Morgan fingerprint density at radius 2 is 1.28 bits per heavy atom. The molecule has 0 N–H and O–H groups in total. The van der Waals surface area contributed by atoms with Crippen molar-refractivity contribution < 1.29 is 18.4 Å². The van der Waals surface area contributed by atoms with Gasteiger partial charge in [0.15, 0.2) is 0 Å². The number of unbranched alkanes of at least 4 members (excludes halogenated alkanes) is 12. The van der Waals surface area contributed by atoms with E-state index in [9.17, 15) is 4.79 Å². The van der Waals surface area contributed by atoms with Crippen LogP contribution >= 0.6 is 0 Å². The van der Waals surface area contributed by atoms with Crippen LogP contribution < -0.4 is 0 Å². The molecule has 0 aromatic carbocycles. The maximum absolute atomic E-state index is 12.6. The molecule has 2 rings (SSSR count). The van der Waals surface area contributed by atoms with E-state index in [-0.39, 0.29) is 28.4 Å². The van der Waals surface area contributed by atoms with Crippen molar-refractivity contribution in [3.8, 4) is 0 Å². The Kier molecular flexibility index (Phi) is 13.4. The standard InChI is InChI=1S/C31H58O4Si/c1-8-9-10-11-12-13-14-15-16-17-18-19-20-21-26(32)24-27-22-23-28-29(34-27)25-33-36(35-28,30(2,3)4)31(5,6)7/h22-23,27-29H,8-21,24-25H2,1-7H3/t27-,28+,29-/m1/s1. The molecule has 2 aliphatic heterocycles. The fourth-order valence-corrected chi connectivity index (χ4v) is 11.0. The first-order chi connectivity index (χ1) is 17.0. The lowest BCUT2D eigenvalue weighted by atomic mass is 10.0. The minimum absolute atomic E-state index is 0.0369. The number of ether oxygens (including phenoxy) is 1. The van der Waals surface area contributed by atoms with Gasteiger partial charge in [0.2, 0.25) is 0 Å². The highest BCUT2D eigenvalue weighted by Gasteiger charge is 2.62. The minimum atomic E-state index is -2.49. The molecule has 2 heterocycles. The minimum Gasteiger partial charge on any atom is -0.391 e. The quantitative estimate of drug-likeness (QED) is 0.115. The predicted molar refractivity (Wildman–Crippen MR) is 154 cm³/mol. The van der Waals surface area contributed by atoms with Gasteiger partial charge in [-0.05, 0) is 6.42 Å². The Bertz CT molecular complexity index is 646. The highest BCUT2D eigenvalue weighted by molar-refractivity contribution is 6.73. The van der Waals surface area contributed by atoms with Gasteiger partial charge in [0, 0.05) is 22.9 Å². The second kappa shape index (κ2) is 15.2. The molecule has 0 aromatic rings. The van der Waals surface area contributed by atoms with E-state index in [0.717, 1.165) is 6.42 Å². The number of rotatable bonds is 16. The van der Waals surface area contributed by atoms with Crippen molar-refractivity contribution in [1.82, 2.24) is 0 Å². The maximum atomic E-state index is 12.6. The fourth-order valence-electron chi connectivity index (χ4n) is 6.07. The molecule has 0 bridgehead atoms. The van der Waals surface area contributed by atoms with Crippen LogP contribution in [0.25, 0.3) is 0 Å². The number of Topliss-reactive ketones (excluding diaryl/α,β-unsaturated/α-hetero) is 1. The molecule has 2 aliphatic rings. The van der Waals surface area contributed by atoms with Gasteiger partial charge in [-0.1, -0.05) is 138 Å². The number of hydrogen-bond acceptors (Lipinski definition) is 4. The summed E-state index contributed by atoms with van der Waals surface area (Å²) in [4.78, 5) is 12.6. The second-order valence-corrected chi connectivity index (χ2v) is 18.1. The number of hydrogen-bond donors (Lipinski definition) is 0. The van der Waals surface area contributed by atoms with Crippen LogP contribution in [0.2, 0.25) is 10.1 Å². The first kappa shape index (κ1) is 31.7. The largest absolute Gasteiger partial charge is 0.391 e. The zero-order chi connectivity index (χ0) is 26.7. The SMILES string of the molecule is CCCCCCCCCCCCCCCC(=O)C[C@H]1C=C[C@@H]2O[Si](C(C)(C)C)(C(C)(C)C)OC[C@H]2O1. The lowest BCUT2D eigenvalue weighted by Crippen LogP contribution is -2.65. The van der Waals surface area contributed by atoms with E-state index >= 15 is 0 Å². The second-order valence-electron chi connectivity index (χ2n) is 13.3. The van der Waals surface area contributed by atoms with Crippen molar-refractivity contribution >= 4 is 14.3 Å². The Morgan fingerprint density at radius 3 is 1.78 bits per heavy atom. The van der Waals surface area contributed by atoms with Gasteiger partial charge in [0.05, 0.1) is 18.8 Å². The van der Waals surface area contributed by atoms with Crippen LogP contribution in [0.1, 0.15) is 145 Å². The summed E-state index contributed by atoms with van der Waals surface area (Å²) < 4.78 is 19.5. The average Bonchev–Trinajstić information content (AvgIpc) is 2.80. The molecule has 36 heavy (non-hydrogen) atoms. The summed E-state index contributed by atoms with van der Waals surface area (Å²) in [7, 11) is -2.49. The summed E-state index contributed by atoms with van der Waals surface area (Å²) in [6.45, 7) is 16.2. The van der Waals surface area contributed by atoms with E-state index in [4.69, 9.17) is 13.6 Å². The molecule has 0 aromatic heterocycles. The van der Waals surface area contributed by atoms with E-state index in [0.29, 0.717) is 25.2 Å². The van der Waals surface area contributed by atoms with Crippen LogP contribution in [0.5, 0.6) is 0 Å². The smallest absolute Gasteiger partial charge is 0.349 e. The molecule has 5 heteroatoms. The molecule has 0 amide bonds. The molecular formula is C31H58O4Si. The van der Waals surface area contributed by atoms with Gasteiger partial charge in [0.1, 0.15) is 11.9 Å². The monoisotopic (exact) mass is 522 g/mol. The summed E-state index contributed by atoms with van der Waals surface area (Å²) in [6.07, 6.45) is 22.3. The van der Waals surface area contributed by atoms with Crippen LogP contribution in [0, 0.1) is 0 Å². The Balaban J connectivity index is 1.59. The van der Waals surface area contributed by atoms with Gasteiger partial charge < -0.3 is 13.6 Å². The van der Waals surface area contributed by atoms with Gasteiger partial charge in [0.25, 0.3) is 0 Å². The molecular weight excluding hydrogens is 464 g/mol. The zero-order valence-electron chi connectivity index (χ0n) is 24.8. The summed E-state index contributed by atoms with van der Waals surface area (Å²) in [5.41, 5.74) is 0. The number of fused-ring (bicyclic) bond motifs is 1. The molecule has 0 aliphatic carbocycles. The van der Waals surface area contributed by atoms with E-state index in [1.807, 2.05) is 0 Å². The van der Waals surface area contributed by atoms with Gasteiger partial charge in [-0.15, -0.1) is 0 Å². The zero-order valence-corrected chi connectivity index (χ0v) is 25.8. The fraction of sp³-hybridized carbons (Fsp3) is 0.903. The molecule has 1 saturated heterocycles. The average molecular weight is 523 g/mol. The third kappa shape index (κ3) is 9.67. The van der Waals surface area contributed by atoms with Gasteiger partial charge in [-0.25, -0.2) is 0 Å². The van der Waals surface area contributed by atoms with Crippen molar-refractivity contribution in [2.45, 2.75) is 173 Å². The first-order valence-corrected chi connectivity index (χ1v) is 17.0. The molecule has 0 unspecified atom stereocenters. The predicted octanol–water partition coefficient (Wildman–Crippen LogP) is 9.21.